The highest BCUT2D eigenvalue weighted by molar-refractivity contribution is 6.36. The Morgan fingerprint density at radius 2 is 1.97 bits per heavy atom. The highest BCUT2D eigenvalue weighted by Gasteiger charge is 2.31. The van der Waals surface area contributed by atoms with Crippen molar-refractivity contribution in [2.45, 2.75) is 57.9 Å². The van der Waals surface area contributed by atoms with Crippen LogP contribution in [0.25, 0.3) is 11.0 Å². The molecular formula is C28H36ClN7O2. The largest absolute Gasteiger partial charge is 0.491 e. The van der Waals surface area contributed by atoms with Gasteiger partial charge < -0.3 is 30.2 Å². The zero-order valence-electron chi connectivity index (χ0n) is 22.0. The summed E-state index contributed by atoms with van der Waals surface area (Å²) in [5.74, 6) is 1.95. The predicted molar refractivity (Wildman–Crippen MR) is 151 cm³/mol. The fourth-order valence-electron chi connectivity index (χ4n) is 6.03. The Morgan fingerprint density at radius 1 is 1.16 bits per heavy atom. The van der Waals surface area contributed by atoms with E-state index in [0.29, 0.717) is 41.5 Å². The van der Waals surface area contributed by atoms with E-state index in [1.54, 1.807) is 6.20 Å². The number of hydrogen-bond acceptors (Lipinski definition) is 7. The standard InChI is InChI=1S/C28H36ClN7O2/c1-2-11-30-25-23-21(29)17-31-26(23)34-28(33-25)32-22-7-6-20(19-10-16-38-24(19)22)27(37)36-14-8-18(9-15-36)35-12-4-3-5-13-35/h6-7,17-18H,2-5,8-16H2,1H3,(H3,30,31,32,33,34). The third-order valence-corrected chi connectivity index (χ3v) is 8.32. The molecule has 3 aliphatic rings. The number of anilines is 3. The second kappa shape index (κ2) is 11.0. The van der Waals surface area contributed by atoms with Gasteiger partial charge in [-0.2, -0.15) is 9.97 Å². The van der Waals surface area contributed by atoms with Gasteiger partial charge in [0.15, 0.2) is 0 Å². The van der Waals surface area contributed by atoms with Crippen LogP contribution in [0.15, 0.2) is 18.3 Å². The Kier molecular flexibility index (Phi) is 7.30. The first-order valence-corrected chi connectivity index (χ1v) is 14.4. The lowest BCUT2D eigenvalue weighted by Crippen LogP contribution is -2.48. The number of fused-ring (bicyclic) bond motifs is 2. The average Bonchev–Trinajstić information content (AvgIpc) is 3.60. The van der Waals surface area contributed by atoms with E-state index in [1.165, 1.54) is 32.4 Å². The summed E-state index contributed by atoms with van der Waals surface area (Å²) in [5.41, 5.74) is 3.13. The number of ether oxygens (including phenoxy) is 1. The number of benzene rings is 1. The van der Waals surface area contributed by atoms with E-state index in [1.807, 2.05) is 17.0 Å². The number of likely N-dealkylation sites (tertiary alicyclic amines) is 2. The van der Waals surface area contributed by atoms with E-state index in [2.05, 4.69) is 32.4 Å². The minimum absolute atomic E-state index is 0.111. The maximum atomic E-state index is 13.6. The molecule has 2 saturated heterocycles. The minimum Gasteiger partial charge on any atom is -0.491 e. The molecule has 0 radical (unpaired) electrons. The first kappa shape index (κ1) is 25.2. The molecule has 5 heterocycles. The molecule has 3 aromatic rings. The molecule has 0 spiro atoms. The van der Waals surface area contributed by atoms with Crippen molar-refractivity contribution in [2.75, 3.05) is 50.0 Å². The summed E-state index contributed by atoms with van der Waals surface area (Å²) in [7, 11) is 0. The maximum absolute atomic E-state index is 13.6. The quantitative estimate of drug-likeness (QED) is 0.381. The third-order valence-electron chi connectivity index (χ3n) is 8.02. The molecule has 3 N–H and O–H groups in total. The summed E-state index contributed by atoms with van der Waals surface area (Å²) in [6.07, 6.45) is 9.47. The van der Waals surface area contributed by atoms with Crippen LogP contribution in [0.2, 0.25) is 5.02 Å². The molecule has 2 aromatic heterocycles. The summed E-state index contributed by atoms with van der Waals surface area (Å²) in [5, 5.41) is 8.03. The molecule has 38 heavy (non-hydrogen) atoms. The van der Waals surface area contributed by atoms with Gasteiger partial charge in [-0.1, -0.05) is 24.9 Å². The molecule has 202 valence electrons. The first-order chi connectivity index (χ1) is 18.6. The maximum Gasteiger partial charge on any atom is 0.254 e. The topological polar surface area (TPSA) is 98.4 Å². The Hall–Kier alpha value is -3.04. The van der Waals surface area contributed by atoms with Gasteiger partial charge in [0.05, 0.1) is 22.7 Å². The molecule has 0 bridgehead atoms. The number of aromatic amines is 1. The van der Waals surface area contributed by atoms with Gasteiger partial charge in [0.2, 0.25) is 5.95 Å². The van der Waals surface area contributed by atoms with E-state index >= 15 is 0 Å². The van der Waals surface area contributed by atoms with Crippen molar-refractivity contribution in [1.82, 2.24) is 24.8 Å². The number of carbonyl (C=O) groups excluding carboxylic acids is 1. The third kappa shape index (κ3) is 4.89. The molecule has 1 aromatic carbocycles. The molecule has 0 aliphatic carbocycles. The SMILES string of the molecule is CCCNc1nc(Nc2ccc(C(=O)N3CCC(N4CCCCC4)CC3)c3c2OCC3)nc2[nH]cc(Cl)c12. The van der Waals surface area contributed by atoms with E-state index in [4.69, 9.17) is 21.3 Å². The van der Waals surface area contributed by atoms with Crippen LogP contribution in [0.1, 0.15) is 61.4 Å². The number of nitrogens with one attached hydrogen (secondary N) is 3. The molecule has 0 unspecified atom stereocenters. The average molecular weight is 538 g/mol. The zero-order valence-corrected chi connectivity index (χ0v) is 22.7. The van der Waals surface area contributed by atoms with Crippen molar-refractivity contribution in [2.24, 2.45) is 0 Å². The van der Waals surface area contributed by atoms with Crippen LogP contribution < -0.4 is 15.4 Å². The zero-order chi connectivity index (χ0) is 26.1. The highest BCUT2D eigenvalue weighted by Crippen LogP contribution is 2.39. The molecule has 0 saturated carbocycles. The molecule has 6 rings (SSSR count). The highest BCUT2D eigenvalue weighted by atomic mass is 35.5. The normalized spacial score (nSPS) is 18.4. The minimum atomic E-state index is 0.111. The second-order valence-corrected chi connectivity index (χ2v) is 10.9. The van der Waals surface area contributed by atoms with Crippen LogP contribution in [0.3, 0.4) is 0 Å². The number of halogens is 1. The fraction of sp³-hybridized carbons (Fsp3) is 0.536. The number of carbonyl (C=O) groups is 1. The van der Waals surface area contributed by atoms with Crippen LogP contribution in [0, 0.1) is 0 Å². The van der Waals surface area contributed by atoms with Crippen molar-refractivity contribution in [3.05, 3.63) is 34.5 Å². The molecule has 1 amide bonds. The molecule has 10 heteroatoms. The van der Waals surface area contributed by atoms with Crippen LogP contribution in [0.5, 0.6) is 5.75 Å². The Morgan fingerprint density at radius 3 is 2.76 bits per heavy atom. The van der Waals surface area contributed by atoms with Crippen molar-refractivity contribution >= 4 is 46.0 Å². The lowest BCUT2D eigenvalue weighted by Gasteiger charge is -2.40. The van der Waals surface area contributed by atoms with Gasteiger partial charge in [-0.05, 0) is 57.3 Å². The number of hydrogen-bond donors (Lipinski definition) is 3. The van der Waals surface area contributed by atoms with E-state index in [9.17, 15) is 4.79 Å². The van der Waals surface area contributed by atoms with Crippen molar-refractivity contribution in [1.29, 1.82) is 0 Å². The summed E-state index contributed by atoms with van der Waals surface area (Å²) in [6, 6.07) is 4.45. The lowest BCUT2D eigenvalue weighted by atomic mass is 9.98. The monoisotopic (exact) mass is 537 g/mol. The number of H-pyrrole nitrogens is 1. The molecular weight excluding hydrogens is 502 g/mol. The van der Waals surface area contributed by atoms with Crippen LogP contribution in [-0.2, 0) is 6.42 Å². The molecule has 3 aliphatic heterocycles. The van der Waals surface area contributed by atoms with Gasteiger partial charge in [0.1, 0.15) is 17.2 Å². The van der Waals surface area contributed by atoms with E-state index in [-0.39, 0.29) is 5.91 Å². The Labute approximate surface area is 228 Å². The summed E-state index contributed by atoms with van der Waals surface area (Å²) in [6.45, 7) is 7.48. The fourth-order valence-corrected chi connectivity index (χ4v) is 6.26. The number of nitrogens with zero attached hydrogens (tertiary/aromatic N) is 4. The summed E-state index contributed by atoms with van der Waals surface area (Å²) < 4.78 is 6.02. The van der Waals surface area contributed by atoms with Gasteiger partial charge in [-0.25, -0.2) is 0 Å². The second-order valence-electron chi connectivity index (χ2n) is 10.5. The number of aromatic nitrogens is 3. The van der Waals surface area contributed by atoms with Crippen LogP contribution in [0.4, 0.5) is 17.5 Å². The Balaban J connectivity index is 1.20. The van der Waals surface area contributed by atoms with E-state index < -0.39 is 0 Å². The summed E-state index contributed by atoms with van der Waals surface area (Å²) in [4.78, 5) is 30.7. The predicted octanol–water partition coefficient (Wildman–Crippen LogP) is 5.20. The van der Waals surface area contributed by atoms with Crippen LogP contribution >= 0.6 is 11.6 Å². The first-order valence-electron chi connectivity index (χ1n) is 14.0. The molecule has 0 atom stereocenters. The van der Waals surface area contributed by atoms with Gasteiger partial charge in [0, 0.05) is 49.4 Å². The van der Waals surface area contributed by atoms with Crippen molar-refractivity contribution in [3.8, 4) is 5.75 Å². The van der Waals surface area contributed by atoms with Gasteiger partial charge in [0.25, 0.3) is 5.91 Å². The number of rotatable bonds is 7. The van der Waals surface area contributed by atoms with Gasteiger partial charge >= 0.3 is 0 Å². The number of amides is 1. The van der Waals surface area contributed by atoms with Crippen LogP contribution in [-0.4, -0.2) is 76.0 Å². The van der Waals surface area contributed by atoms with Gasteiger partial charge in [-0.15, -0.1) is 0 Å². The number of piperidine rings is 2. The lowest BCUT2D eigenvalue weighted by molar-refractivity contribution is 0.0589. The van der Waals surface area contributed by atoms with Crippen molar-refractivity contribution < 1.29 is 9.53 Å². The van der Waals surface area contributed by atoms with Gasteiger partial charge in [-0.3, -0.25) is 4.79 Å². The molecule has 2 fully saturated rings. The molecule has 9 nitrogen and oxygen atoms in total. The summed E-state index contributed by atoms with van der Waals surface area (Å²) >= 11 is 6.37. The van der Waals surface area contributed by atoms with Crippen molar-refractivity contribution in [3.63, 3.8) is 0 Å². The smallest absolute Gasteiger partial charge is 0.254 e. The Bertz CT molecular complexity index is 1310. The van der Waals surface area contributed by atoms with E-state index in [0.717, 1.165) is 66.8 Å².